The third-order valence-electron chi connectivity index (χ3n) is 4.53. The van der Waals surface area contributed by atoms with Gasteiger partial charge in [0.1, 0.15) is 5.82 Å². The van der Waals surface area contributed by atoms with Gasteiger partial charge in [0, 0.05) is 24.6 Å². The lowest BCUT2D eigenvalue weighted by molar-refractivity contribution is -0.117. The average molecular weight is 305 g/mol. The maximum Gasteiger partial charge on any atom is 0.224 e. The van der Waals surface area contributed by atoms with Gasteiger partial charge in [-0.3, -0.25) is 9.59 Å². The maximum absolute atomic E-state index is 14.1. The van der Waals surface area contributed by atoms with Gasteiger partial charge in [-0.1, -0.05) is 6.42 Å². The third kappa shape index (κ3) is 3.11. The molecule has 6 heteroatoms. The number of hydrogen-bond acceptors (Lipinski definition) is 3. The zero-order chi connectivity index (χ0) is 15.7. The molecule has 0 unspecified atom stereocenters. The van der Waals surface area contributed by atoms with E-state index in [9.17, 15) is 14.0 Å². The summed E-state index contributed by atoms with van der Waals surface area (Å²) < 4.78 is 14.1. The van der Waals surface area contributed by atoms with Crippen molar-refractivity contribution in [2.75, 3.05) is 10.6 Å². The van der Waals surface area contributed by atoms with E-state index in [0.29, 0.717) is 24.9 Å². The molecule has 22 heavy (non-hydrogen) atoms. The summed E-state index contributed by atoms with van der Waals surface area (Å²) >= 11 is 0. The minimum Gasteiger partial charge on any atom is -0.327 e. The van der Waals surface area contributed by atoms with Crippen LogP contribution < -0.4 is 16.4 Å². The molecule has 1 saturated carbocycles. The number of benzene rings is 1. The molecule has 2 atom stereocenters. The number of aryl methyl sites for hydroxylation is 1. The zero-order valence-corrected chi connectivity index (χ0v) is 12.3. The smallest absolute Gasteiger partial charge is 0.224 e. The molecular weight excluding hydrogens is 285 g/mol. The lowest BCUT2D eigenvalue weighted by Gasteiger charge is -2.19. The van der Waals surface area contributed by atoms with Crippen LogP contribution in [0.1, 0.15) is 37.7 Å². The number of carbonyl (C=O) groups is 2. The number of rotatable bonds is 3. The van der Waals surface area contributed by atoms with E-state index < -0.39 is 5.82 Å². The molecule has 0 saturated heterocycles. The molecule has 2 aliphatic rings. The Morgan fingerprint density at radius 3 is 2.91 bits per heavy atom. The largest absolute Gasteiger partial charge is 0.327 e. The Kier molecular flexibility index (Phi) is 4.11. The van der Waals surface area contributed by atoms with Gasteiger partial charge in [0.2, 0.25) is 11.8 Å². The van der Waals surface area contributed by atoms with Crippen LogP contribution in [0, 0.1) is 11.7 Å². The van der Waals surface area contributed by atoms with Gasteiger partial charge < -0.3 is 16.4 Å². The molecule has 0 aromatic heterocycles. The monoisotopic (exact) mass is 305 g/mol. The third-order valence-corrected chi connectivity index (χ3v) is 4.53. The number of fused-ring (bicyclic) bond motifs is 1. The lowest BCUT2D eigenvalue weighted by atomic mass is 9.99. The number of hydrogen-bond donors (Lipinski definition) is 3. The summed E-state index contributed by atoms with van der Waals surface area (Å²) in [6.45, 7) is 0. The van der Waals surface area contributed by atoms with Crippen molar-refractivity contribution in [3.63, 3.8) is 0 Å². The Morgan fingerprint density at radius 1 is 1.36 bits per heavy atom. The molecule has 1 aromatic rings. The standard InChI is InChI=1S/C16H20FN3O2/c17-11-8-13-10(4-5-15(21)19-13)6-14(11)20-16(22)7-9-2-1-3-12(9)18/h6,8-9,12H,1-5,7,18H2,(H,19,21)(H,20,22)/t9-,12+/m0/s1. The first-order valence-corrected chi connectivity index (χ1v) is 7.70. The predicted molar refractivity (Wildman–Crippen MR) is 81.9 cm³/mol. The Morgan fingerprint density at radius 2 is 2.18 bits per heavy atom. The van der Waals surface area contributed by atoms with Crippen LogP contribution in [0.3, 0.4) is 0 Å². The number of nitrogens with one attached hydrogen (secondary N) is 2. The van der Waals surface area contributed by atoms with E-state index in [1.54, 1.807) is 6.07 Å². The van der Waals surface area contributed by atoms with Gasteiger partial charge in [-0.2, -0.15) is 0 Å². The van der Waals surface area contributed by atoms with Crippen LogP contribution in [0.15, 0.2) is 12.1 Å². The minimum atomic E-state index is -0.537. The number of nitrogens with two attached hydrogens (primary N) is 1. The second-order valence-corrected chi connectivity index (χ2v) is 6.14. The van der Waals surface area contributed by atoms with Crippen molar-refractivity contribution < 1.29 is 14.0 Å². The molecule has 1 heterocycles. The van der Waals surface area contributed by atoms with Crippen molar-refractivity contribution in [1.29, 1.82) is 0 Å². The minimum absolute atomic E-state index is 0.0642. The first-order valence-electron chi connectivity index (χ1n) is 7.70. The number of amides is 2. The summed E-state index contributed by atoms with van der Waals surface area (Å²) in [7, 11) is 0. The number of carbonyl (C=O) groups excluding carboxylic acids is 2. The highest BCUT2D eigenvalue weighted by molar-refractivity contribution is 5.95. The van der Waals surface area contributed by atoms with E-state index in [0.717, 1.165) is 24.8 Å². The van der Waals surface area contributed by atoms with Gasteiger partial charge in [-0.15, -0.1) is 0 Å². The van der Waals surface area contributed by atoms with Crippen molar-refractivity contribution in [2.24, 2.45) is 11.7 Å². The van der Waals surface area contributed by atoms with Crippen LogP contribution in [-0.4, -0.2) is 17.9 Å². The Balaban J connectivity index is 1.69. The zero-order valence-electron chi connectivity index (χ0n) is 12.3. The van der Waals surface area contributed by atoms with Gasteiger partial charge in [0.15, 0.2) is 0 Å². The molecule has 3 rings (SSSR count). The van der Waals surface area contributed by atoms with E-state index in [-0.39, 0.29) is 29.5 Å². The first-order chi connectivity index (χ1) is 10.5. The van der Waals surface area contributed by atoms with Crippen molar-refractivity contribution in [1.82, 2.24) is 0 Å². The molecule has 4 N–H and O–H groups in total. The Labute approximate surface area is 128 Å². The number of halogens is 1. The van der Waals surface area contributed by atoms with Crippen LogP contribution in [-0.2, 0) is 16.0 Å². The second kappa shape index (κ2) is 6.04. The topological polar surface area (TPSA) is 84.2 Å². The summed E-state index contributed by atoms with van der Waals surface area (Å²) in [6.07, 6.45) is 4.21. The SMILES string of the molecule is N[C@@H]1CCC[C@H]1CC(=O)Nc1cc2c(cc1F)NC(=O)CC2. The van der Waals surface area contributed by atoms with Crippen LogP contribution in [0.25, 0.3) is 0 Å². The summed E-state index contributed by atoms with van der Waals surface area (Å²) in [5, 5.41) is 5.27. The summed E-state index contributed by atoms with van der Waals surface area (Å²) in [5.41, 5.74) is 7.46. The molecule has 5 nitrogen and oxygen atoms in total. The molecule has 1 aliphatic carbocycles. The van der Waals surface area contributed by atoms with E-state index in [1.165, 1.54) is 6.07 Å². The molecule has 1 fully saturated rings. The highest BCUT2D eigenvalue weighted by atomic mass is 19.1. The predicted octanol–water partition coefficient (Wildman–Crippen LogP) is 2.17. The molecular formula is C16H20FN3O2. The summed E-state index contributed by atoms with van der Waals surface area (Å²) in [4.78, 5) is 23.4. The van der Waals surface area contributed by atoms with Crippen molar-refractivity contribution in [3.05, 3.63) is 23.5 Å². The fourth-order valence-corrected chi connectivity index (χ4v) is 3.26. The summed E-state index contributed by atoms with van der Waals surface area (Å²) in [6, 6.07) is 2.94. The lowest BCUT2D eigenvalue weighted by Crippen LogP contribution is -2.28. The molecule has 1 aromatic carbocycles. The van der Waals surface area contributed by atoms with Gasteiger partial charge in [-0.05, 0) is 42.9 Å². The molecule has 0 radical (unpaired) electrons. The maximum atomic E-state index is 14.1. The second-order valence-electron chi connectivity index (χ2n) is 6.14. The Hall–Kier alpha value is -1.95. The summed E-state index contributed by atoms with van der Waals surface area (Å²) in [5.74, 6) is -0.676. The fraction of sp³-hybridized carbons (Fsp3) is 0.500. The van der Waals surface area contributed by atoms with E-state index >= 15 is 0 Å². The number of anilines is 2. The van der Waals surface area contributed by atoms with Crippen molar-refractivity contribution in [3.8, 4) is 0 Å². The Bertz CT molecular complexity index is 618. The molecule has 118 valence electrons. The van der Waals surface area contributed by atoms with Gasteiger partial charge in [0.25, 0.3) is 0 Å². The average Bonchev–Trinajstić information content (AvgIpc) is 2.85. The van der Waals surface area contributed by atoms with Gasteiger partial charge in [-0.25, -0.2) is 4.39 Å². The van der Waals surface area contributed by atoms with Crippen LogP contribution in [0.4, 0.5) is 15.8 Å². The van der Waals surface area contributed by atoms with Crippen LogP contribution in [0.2, 0.25) is 0 Å². The van der Waals surface area contributed by atoms with Crippen LogP contribution >= 0.6 is 0 Å². The van der Waals surface area contributed by atoms with E-state index in [4.69, 9.17) is 5.73 Å². The quantitative estimate of drug-likeness (QED) is 0.800. The molecule has 0 bridgehead atoms. The van der Waals surface area contributed by atoms with E-state index in [2.05, 4.69) is 10.6 Å². The van der Waals surface area contributed by atoms with Crippen LogP contribution in [0.5, 0.6) is 0 Å². The van der Waals surface area contributed by atoms with E-state index in [1.807, 2.05) is 0 Å². The van der Waals surface area contributed by atoms with Crippen molar-refractivity contribution in [2.45, 2.75) is 44.6 Å². The van der Waals surface area contributed by atoms with Crippen molar-refractivity contribution >= 4 is 23.2 Å². The van der Waals surface area contributed by atoms with Gasteiger partial charge >= 0.3 is 0 Å². The highest BCUT2D eigenvalue weighted by Gasteiger charge is 2.26. The molecule has 1 aliphatic heterocycles. The molecule has 2 amide bonds. The first kappa shape index (κ1) is 15.0. The highest BCUT2D eigenvalue weighted by Crippen LogP contribution is 2.30. The van der Waals surface area contributed by atoms with Gasteiger partial charge in [0.05, 0.1) is 5.69 Å². The normalized spacial score (nSPS) is 23.8. The molecule has 0 spiro atoms. The fourth-order valence-electron chi connectivity index (χ4n) is 3.26.